The lowest BCUT2D eigenvalue weighted by Gasteiger charge is -2.26. The van der Waals surface area contributed by atoms with Gasteiger partial charge in [-0.3, -0.25) is 14.5 Å². The molecule has 1 amide bonds. The minimum absolute atomic E-state index is 0.0156. The monoisotopic (exact) mass is 573 g/mol. The average molecular weight is 574 g/mol. The van der Waals surface area contributed by atoms with Crippen LogP contribution in [-0.2, 0) is 22.6 Å². The number of aryl methyl sites for hydroxylation is 1. The average Bonchev–Trinajstić information content (AvgIpc) is 3.01. The van der Waals surface area contributed by atoms with Crippen LogP contribution in [0, 0.1) is 12.3 Å². The number of rotatable bonds is 10. The van der Waals surface area contributed by atoms with Crippen LogP contribution >= 0.6 is 0 Å². The second-order valence-electron chi connectivity index (χ2n) is 10.8. The van der Waals surface area contributed by atoms with Crippen molar-refractivity contribution < 1.29 is 19.0 Å². The molecule has 0 bridgehead atoms. The Balaban J connectivity index is 1.44. The Labute approximate surface area is 245 Å². The molecule has 0 unspecified atom stereocenters. The second kappa shape index (κ2) is 13.8. The highest BCUT2D eigenvalue weighted by molar-refractivity contribution is 6.06. The molecule has 0 radical (unpaired) electrons. The molecule has 2 fully saturated rings. The van der Waals surface area contributed by atoms with Crippen LogP contribution in [-0.4, -0.2) is 74.7 Å². The first-order valence-corrected chi connectivity index (χ1v) is 14.4. The second-order valence-corrected chi connectivity index (χ2v) is 10.8. The van der Waals surface area contributed by atoms with Gasteiger partial charge in [0.1, 0.15) is 0 Å². The molecule has 1 aromatic heterocycles. The van der Waals surface area contributed by atoms with Crippen LogP contribution in [0.15, 0.2) is 47.3 Å². The number of carbonyl (C=O) groups excluding carboxylic acids is 1. The fourth-order valence-electron chi connectivity index (χ4n) is 5.46. The summed E-state index contributed by atoms with van der Waals surface area (Å²) in [6.45, 7) is 7.33. The van der Waals surface area contributed by atoms with Gasteiger partial charge in [-0.2, -0.15) is 0 Å². The van der Waals surface area contributed by atoms with Crippen molar-refractivity contribution in [1.82, 2.24) is 15.2 Å². The van der Waals surface area contributed by atoms with E-state index < -0.39 is 0 Å². The number of H-pyrrole nitrogens is 1. The quantitative estimate of drug-likeness (QED) is 0.272. The molecule has 4 N–H and O–H groups in total. The molecule has 10 heteroatoms. The highest BCUT2D eigenvalue weighted by Gasteiger charge is 2.21. The number of benzene rings is 2. The van der Waals surface area contributed by atoms with Gasteiger partial charge >= 0.3 is 0 Å². The van der Waals surface area contributed by atoms with Crippen LogP contribution in [0.1, 0.15) is 45.6 Å². The van der Waals surface area contributed by atoms with Gasteiger partial charge in [0.05, 0.1) is 38.0 Å². The van der Waals surface area contributed by atoms with E-state index in [9.17, 15) is 9.59 Å². The molecule has 3 heterocycles. The number of amides is 1. The normalized spacial score (nSPS) is 16.1. The zero-order valence-electron chi connectivity index (χ0n) is 24.3. The smallest absolute Gasteiger partial charge is 0.252 e. The summed E-state index contributed by atoms with van der Waals surface area (Å²) in [7, 11) is 1.48. The van der Waals surface area contributed by atoms with Crippen LogP contribution in [0.5, 0.6) is 5.88 Å². The molecule has 2 aliphatic rings. The first-order valence-electron chi connectivity index (χ1n) is 14.4. The molecule has 3 aromatic rings. The predicted octanol–water partition coefficient (Wildman–Crippen LogP) is 3.71. The van der Waals surface area contributed by atoms with E-state index in [-0.39, 0.29) is 23.9 Å². The predicted molar refractivity (Wildman–Crippen MR) is 163 cm³/mol. The van der Waals surface area contributed by atoms with Gasteiger partial charge in [-0.15, -0.1) is 0 Å². The third kappa shape index (κ3) is 7.07. The van der Waals surface area contributed by atoms with Gasteiger partial charge in [-0.25, -0.2) is 0 Å². The highest BCUT2D eigenvalue weighted by Crippen LogP contribution is 2.30. The fraction of sp³-hybridized carbons (Fsp3) is 0.406. The molecule has 5 rings (SSSR count). The molecule has 0 saturated carbocycles. The summed E-state index contributed by atoms with van der Waals surface area (Å²) in [5, 5.41) is 14.7. The standard InChI is InChI=1S/C32H39N5O5/c1-21-15-30(38)28(32(35-21)40-2)19-34-31(39)26-16-24(17-29(27(26)18-33)36-25-7-11-41-12-8-25)23-5-3-22(4-6-23)20-37-9-13-42-14-10-37/h3-6,15-18,25,33,36H,7-14,19-20H2,1-2H3,(H,34,39)(H,35,38). The van der Waals surface area contributed by atoms with E-state index in [0.29, 0.717) is 41.5 Å². The number of nitrogens with zero attached hydrogens (tertiary/aromatic N) is 1. The SMILES string of the molecule is COc1[nH]c(C)cc(=O)c1CNC(=O)c1cc(-c2ccc(CN3CCOCC3)cc2)cc(NC2CCOCC2)c1C=N. The van der Waals surface area contributed by atoms with Gasteiger partial charge in [0.2, 0.25) is 0 Å². The third-order valence-corrected chi connectivity index (χ3v) is 7.81. The molecule has 2 aliphatic heterocycles. The Kier molecular flexibility index (Phi) is 9.68. The van der Waals surface area contributed by atoms with Crippen LogP contribution < -0.4 is 20.8 Å². The van der Waals surface area contributed by atoms with E-state index in [1.54, 1.807) is 6.92 Å². The van der Waals surface area contributed by atoms with E-state index in [4.69, 9.17) is 19.6 Å². The van der Waals surface area contributed by atoms with Crippen LogP contribution in [0.4, 0.5) is 5.69 Å². The molecule has 0 aliphatic carbocycles. The van der Waals surface area contributed by atoms with Crippen molar-refractivity contribution in [2.75, 3.05) is 51.9 Å². The molecule has 2 saturated heterocycles. The van der Waals surface area contributed by atoms with E-state index in [2.05, 4.69) is 44.8 Å². The van der Waals surface area contributed by atoms with Crippen molar-refractivity contribution in [3.63, 3.8) is 0 Å². The summed E-state index contributed by atoms with van der Waals surface area (Å²) in [6.07, 6.45) is 2.90. The Bertz CT molecular complexity index is 1460. The highest BCUT2D eigenvalue weighted by atomic mass is 16.5. The maximum atomic E-state index is 13.6. The summed E-state index contributed by atoms with van der Waals surface area (Å²) in [4.78, 5) is 31.7. The van der Waals surface area contributed by atoms with Gasteiger partial charge in [0.25, 0.3) is 5.91 Å². The van der Waals surface area contributed by atoms with Crippen molar-refractivity contribution in [1.29, 1.82) is 5.41 Å². The van der Waals surface area contributed by atoms with E-state index in [1.807, 2.05) is 12.1 Å². The minimum Gasteiger partial charge on any atom is -0.482 e. The lowest BCUT2D eigenvalue weighted by molar-refractivity contribution is 0.0342. The van der Waals surface area contributed by atoms with Crippen molar-refractivity contribution in [3.05, 3.63) is 80.6 Å². The molecule has 42 heavy (non-hydrogen) atoms. The van der Waals surface area contributed by atoms with Crippen molar-refractivity contribution >= 4 is 17.8 Å². The summed E-state index contributed by atoms with van der Waals surface area (Å²) < 4.78 is 16.3. The molecule has 10 nitrogen and oxygen atoms in total. The molecule has 2 aromatic carbocycles. The van der Waals surface area contributed by atoms with Crippen molar-refractivity contribution in [3.8, 4) is 17.0 Å². The maximum Gasteiger partial charge on any atom is 0.252 e. The van der Waals surface area contributed by atoms with E-state index >= 15 is 0 Å². The van der Waals surface area contributed by atoms with Gasteiger partial charge < -0.3 is 35.2 Å². The lowest BCUT2D eigenvalue weighted by Crippen LogP contribution is -2.35. The van der Waals surface area contributed by atoms with Gasteiger partial charge in [-0.1, -0.05) is 24.3 Å². The van der Waals surface area contributed by atoms with Crippen molar-refractivity contribution in [2.45, 2.75) is 38.9 Å². The van der Waals surface area contributed by atoms with Crippen LogP contribution in [0.2, 0.25) is 0 Å². The summed E-state index contributed by atoms with van der Waals surface area (Å²) in [6, 6.07) is 13.9. The topological polar surface area (TPSA) is 129 Å². The molecule has 222 valence electrons. The van der Waals surface area contributed by atoms with E-state index in [1.165, 1.54) is 25.0 Å². The van der Waals surface area contributed by atoms with Gasteiger partial charge in [0.15, 0.2) is 11.3 Å². The fourth-order valence-corrected chi connectivity index (χ4v) is 5.46. The number of hydrogen-bond donors (Lipinski definition) is 4. The van der Waals surface area contributed by atoms with Crippen LogP contribution in [0.25, 0.3) is 11.1 Å². The van der Waals surface area contributed by atoms with Crippen LogP contribution in [0.3, 0.4) is 0 Å². The van der Waals surface area contributed by atoms with E-state index in [0.717, 1.165) is 62.5 Å². The zero-order valence-corrected chi connectivity index (χ0v) is 24.3. The third-order valence-electron chi connectivity index (χ3n) is 7.81. The summed E-state index contributed by atoms with van der Waals surface area (Å²) in [5.74, 6) is -0.0586. The number of anilines is 1. The number of aromatic nitrogens is 1. The number of nitrogens with one attached hydrogen (secondary N) is 4. The lowest BCUT2D eigenvalue weighted by atomic mass is 9.95. The van der Waals surface area contributed by atoms with Gasteiger partial charge in [-0.05, 0) is 48.6 Å². The number of methoxy groups -OCH3 is 1. The number of pyridine rings is 1. The Morgan fingerprint density at radius 2 is 1.79 bits per heavy atom. The van der Waals surface area contributed by atoms with Crippen molar-refractivity contribution in [2.24, 2.45) is 0 Å². The number of ether oxygens (including phenoxy) is 3. The molecular formula is C32H39N5O5. The molecule has 0 spiro atoms. The first kappa shape index (κ1) is 29.5. The number of morpholine rings is 1. The Morgan fingerprint density at radius 3 is 2.48 bits per heavy atom. The minimum atomic E-state index is -0.378. The largest absolute Gasteiger partial charge is 0.482 e. The maximum absolute atomic E-state index is 13.6. The molecule has 0 atom stereocenters. The summed E-state index contributed by atoms with van der Waals surface area (Å²) in [5.41, 5.74) is 5.42. The number of hydrogen-bond acceptors (Lipinski definition) is 8. The Morgan fingerprint density at radius 1 is 1.07 bits per heavy atom. The number of aromatic amines is 1. The molecular weight excluding hydrogens is 534 g/mol. The zero-order chi connectivity index (χ0) is 29.5. The van der Waals surface area contributed by atoms with Gasteiger partial charge in [0, 0.05) is 68.1 Å². The number of carbonyl (C=O) groups is 1. The summed E-state index contributed by atoms with van der Waals surface area (Å²) >= 11 is 0. The first-order chi connectivity index (χ1) is 20.4. The Hall–Kier alpha value is -3.99.